The number of anilines is 4. The lowest BCUT2D eigenvalue weighted by atomic mass is 9.98. The summed E-state index contributed by atoms with van der Waals surface area (Å²) in [6.45, 7) is 3.57. The van der Waals surface area contributed by atoms with Crippen LogP contribution in [-0.2, 0) is 169 Å². The van der Waals surface area contributed by atoms with Gasteiger partial charge in [-0.15, -0.1) is 0 Å². The number of ether oxygens (including phenoxy) is 4. The second-order valence-corrected chi connectivity index (χ2v) is 38.0. The van der Waals surface area contributed by atoms with Crippen LogP contribution in [0.4, 0.5) is 50.7 Å². The molecule has 8 aliphatic carbocycles. The number of rotatable bonds is 14. The summed E-state index contributed by atoms with van der Waals surface area (Å²) in [6, 6.07) is 1.35. The molecule has 118 heavy (non-hydrogen) atoms. The first-order chi connectivity index (χ1) is 56.8. The zero-order valence-corrected chi connectivity index (χ0v) is 68.4. The maximum atomic E-state index is 14.8. The third-order valence-electron chi connectivity index (χ3n) is 24.1. The number of aryl methyl sites for hydroxylation is 6. The molecule has 4 aliphatic heterocycles. The minimum atomic E-state index is -4.20. The number of urea groups is 4. The van der Waals surface area contributed by atoms with Gasteiger partial charge in [-0.25, -0.2) is 99.2 Å². The molecule has 12 aliphatic rings. The van der Waals surface area contributed by atoms with Crippen molar-refractivity contribution in [3.8, 4) is 23.5 Å². The van der Waals surface area contributed by atoms with Crippen molar-refractivity contribution < 1.29 is 80.6 Å². The van der Waals surface area contributed by atoms with Crippen LogP contribution in [0.1, 0.15) is 153 Å². The highest BCUT2D eigenvalue weighted by Crippen LogP contribution is 2.45. The Labute approximate surface area is 680 Å². The maximum absolute atomic E-state index is 14.8. The van der Waals surface area contributed by atoms with Crippen molar-refractivity contribution in [2.75, 3.05) is 61.8 Å². The number of nitrogens with one attached hydrogen (secondary N) is 10. The average molecular weight is 1700 g/mol. The van der Waals surface area contributed by atoms with Crippen molar-refractivity contribution in [1.29, 1.82) is 0 Å². The van der Waals surface area contributed by atoms with Crippen LogP contribution in [0.25, 0.3) is 0 Å². The smallest absolute Gasteiger partial charge is 0.333 e. The minimum absolute atomic E-state index is 0.0156. The second kappa shape index (κ2) is 32.4. The zero-order valence-electron chi connectivity index (χ0n) is 65.2. The molecule has 0 bridgehead atoms. The number of sulfonamides is 4. The van der Waals surface area contributed by atoms with E-state index in [4.69, 9.17) is 18.9 Å². The molecular formula is C78H92F2N18O16S4. The Morgan fingerprint density at radius 1 is 0.339 bits per heavy atom. The van der Waals surface area contributed by atoms with E-state index >= 15 is 0 Å². The van der Waals surface area contributed by atoms with Crippen LogP contribution in [0.3, 0.4) is 0 Å². The van der Waals surface area contributed by atoms with E-state index in [0.29, 0.717) is 138 Å². The van der Waals surface area contributed by atoms with Crippen LogP contribution >= 0.6 is 0 Å². The number of hydrogen-bond acceptors (Lipinski definition) is 22. The number of amides is 8. The van der Waals surface area contributed by atoms with Crippen LogP contribution < -0.4 is 69.7 Å². The topological polar surface area (TPSA) is 433 Å². The molecule has 40 heteroatoms. The molecular weight excluding hydrogens is 1610 g/mol. The summed E-state index contributed by atoms with van der Waals surface area (Å²) in [6.07, 6.45) is 26.7. The fraction of sp³-hybridized carbons (Fsp3) is 0.487. The molecule has 8 amide bonds. The number of aromatic nitrogens is 8. The lowest BCUT2D eigenvalue weighted by Gasteiger charge is -2.24. The van der Waals surface area contributed by atoms with Gasteiger partial charge in [0.1, 0.15) is 24.8 Å². The molecule has 8 aromatic rings. The Morgan fingerprint density at radius 2 is 0.585 bits per heavy atom. The summed E-state index contributed by atoms with van der Waals surface area (Å²) >= 11 is 0. The summed E-state index contributed by atoms with van der Waals surface area (Å²) in [5.74, 6) is 0.293. The maximum Gasteiger partial charge on any atom is 0.333 e. The third kappa shape index (κ3) is 15.4. The first-order valence-corrected chi connectivity index (χ1v) is 46.2. The highest BCUT2D eigenvalue weighted by molar-refractivity contribution is 7.91. The Kier molecular flexibility index (Phi) is 22.0. The van der Waals surface area contributed by atoms with E-state index < -0.39 is 64.2 Å². The summed E-state index contributed by atoms with van der Waals surface area (Å²) in [5.41, 5.74) is 18.2. The molecule has 34 nitrogen and oxygen atoms in total. The molecule has 10 N–H and O–H groups in total. The first kappa shape index (κ1) is 80.0. The van der Waals surface area contributed by atoms with Gasteiger partial charge in [-0.05, 0) is 257 Å². The fourth-order valence-corrected chi connectivity index (χ4v) is 22.5. The van der Waals surface area contributed by atoms with E-state index in [1.54, 1.807) is 7.05 Å². The van der Waals surface area contributed by atoms with E-state index in [9.17, 15) is 61.6 Å². The van der Waals surface area contributed by atoms with Crippen LogP contribution in [0.2, 0.25) is 0 Å². The van der Waals surface area contributed by atoms with E-state index in [1.165, 1.54) is 65.8 Å². The number of hydrogen-bond donors (Lipinski definition) is 10. The predicted octanol–water partition coefficient (Wildman–Crippen LogP) is 7.29. The van der Waals surface area contributed by atoms with Gasteiger partial charge in [0.15, 0.2) is 19.6 Å². The number of carbonyl (C=O) groups is 4. The fourth-order valence-electron chi connectivity index (χ4n) is 18.6. The van der Waals surface area contributed by atoms with E-state index in [0.717, 1.165) is 171 Å². The van der Waals surface area contributed by atoms with E-state index in [-0.39, 0.29) is 66.8 Å². The van der Waals surface area contributed by atoms with Crippen LogP contribution in [0.5, 0.6) is 23.5 Å². The van der Waals surface area contributed by atoms with Crippen LogP contribution in [0.15, 0.2) is 56.5 Å². The number of halogens is 2. The number of fused-ring (bicyclic) bond motifs is 12. The van der Waals surface area contributed by atoms with E-state index in [1.807, 2.05) is 11.8 Å². The van der Waals surface area contributed by atoms with Crippen molar-refractivity contribution in [3.63, 3.8) is 0 Å². The lowest BCUT2D eigenvalue weighted by Crippen LogP contribution is -2.40. The molecule has 0 saturated heterocycles. The van der Waals surface area contributed by atoms with Gasteiger partial charge in [0, 0.05) is 48.7 Å². The Hall–Kier alpha value is -10.4. The Balaban J connectivity index is 0.000000113. The molecule has 2 atom stereocenters. The number of carbonyl (C=O) groups excluding carboxylic acids is 4. The van der Waals surface area contributed by atoms with Crippen molar-refractivity contribution in [2.45, 2.75) is 225 Å². The minimum Gasteiger partial charge on any atom is -0.477 e. The highest BCUT2D eigenvalue weighted by Gasteiger charge is 2.39. The number of likely N-dealkylation sites (N-methyl/N-ethyl adjacent to an activating group) is 2. The standard InChI is InChI=1S/C20H24FN5O4S.C20H25N5O4S.C19H21FN4O4S.C19H22N4O4S/c1-22-11-9-26-19(30-10-11)16(8-23-26)31(28,29)25-20(27)24-18-14-6-2-4-12(14)17(21)13-5-3-7-15(13)18;1-21-14-10-25-19(29-11-14)17(9-22-25)30(27,28)24-20(26)23-18-15-6-2-4-12(15)8-13-5-3-7-16(13)18;20-16-11-4-1-6-13(11)17(14-7-2-5-12(14)16)22-19(25)23-29(26,27)15-10-21-24-8-3-9-28-18(15)24;24-19(22-28(25,26)16-11-20-23-8-3-9-27-18(16)23)21-17-14-6-1-4-12(14)10-13-5-2-7-15(13)17/h8,11,22H,2-7,9-10H2,1H3,(H2,24,25,27);8-9,14,21H,2-7,10-11H2,1H3,(H2,23,24,26);10H,1-9H2,(H2,22,23,25);10-11H,1-9H2,(H2,21,22,24)/t11-;14-;;/m11../s1. The van der Waals surface area contributed by atoms with Gasteiger partial charge in [-0.2, -0.15) is 20.4 Å². The van der Waals surface area contributed by atoms with Gasteiger partial charge < -0.3 is 50.8 Å². The number of nitrogens with zero attached hydrogens (tertiary/aromatic N) is 8. The molecule has 0 radical (unpaired) electrons. The second-order valence-electron chi connectivity index (χ2n) is 31.4. The molecule has 0 fully saturated rings. The Bertz CT molecular complexity index is 5790. The third-order valence-corrected chi connectivity index (χ3v) is 29.3. The van der Waals surface area contributed by atoms with Crippen molar-refractivity contribution in [1.82, 2.24) is 68.6 Å². The van der Waals surface area contributed by atoms with Gasteiger partial charge >= 0.3 is 24.1 Å². The largest absolute Gasteiger partial charge is 0.477 e. The van der Waals surface area contributed by atoms with Gasteiger partial charge in [0.2, 0.25) is 23.5 Å². The normalized spacial score (nSPS) is 18.4. The average Bonchev–Trinajstić information content (AvgIpc) is 1.62. The lowest BCUT2D eigenvalue weighted by molar-refractivity contribution is 0.184. The monoisotopic (exact) mass is 1700 g/mol. The zero-order chi connectivity index (χ0) is 82.1. The quantitative estimate of drug-likeness (QED) is 0.0511. The summed E-state index contributed by atoms with van der Waals surface area (Å²) in [4.78, 5) is 50.1. The predicted molar refractivity (Wildman–Crippen MR) is 425 cm³/mol. The first-order valence-electron chi connectivity index (χ1n) is 40.3. The van der Waals surface area contributed by atoms with Gasteiger partial charge in [0.05, 0.1) is 63.2 Å². The van der Waals surface area contributed by atoms with Crippen LogP contribution in [-0.4, -0.2) is 150 Å². The molecule has 0 spiro atoms. The molecule has 4 aromatic heterocycles. The van der Waals surface area contributed by atoms with Crippen molar-refractivity contribution >= 4 is 87.0 Å². The van der Waals surface area contributed by atoms with Gasteiger partial charge in [-0.1, -0.05) is 12.1 Å². The summed E-state index contributed by atoms with van der Waals surface area (Å²) in [5, 5.41) is 33.5. The van der Waals surface area contributed by atoms with Gasteiger partial charge in [-0.3, -0.25) is 0 Å². The summed E-state index contributed by atoms with van der Waals surface area (Å²) in [7, 11) is -13.0. The molecule has 20 rings (SSSR count). The SMILES string of the molecule is CN[C@H]1COc2c(S(=O)(=O)NC(=O)Nc3c4c(c(F)c5c3CCC5)CCC4)cnn2C1.CN[C@H]1COc2c(S(=O)(=O)NC(=O)Nc3c4c(cc5c3CCC5)CCC4)cnn2C1.O=C(Nc1c2c(c(F)c3c1CCC3)CCC2)NS(=O)(=O)c1cnn2c1OCCC2.O=C(Nc1c2c(cc3c1CCC3)CCC2)NS(=O)(=O)c1cnn2c1OCCC2. The molecule has 4 aromatic carbocycles. The molecule has 8 heterocycles. The van der Waals surface area contributed by atoms with E-state index in [2.05, 4.69) is 78.6 Å². The number of benzene rings is 4. The Morgan fingerprint density at radius 3 is 0.873 bits per heavy atom. The van der Waals surface area contributed by atoms with Crippen molar-refractivity contribution in [3.05, 3.63) is 138 Å². The van der Waals surface area contributed by atoms with Crippen molar-refractivity contribution in [2.24, 2.45) is 0 Å². The van der Waals surface area contributed by atoms with Crippen LogP contribution in [0, 0.1) is 11.6 Å². The summed E-state index contributed by atoms with van der Waals surface area (Å²) < 4.78 is 168. The molecule has 0 unspecified atom stereocenters. The highest BCUT2D eigenvalue weighted by atomic mass is 32.2. The molecule has 0 saturated carbocycles. The van der Waals surface area contributed by atoms with Gasteiger partial charge in [0.25, 0.3) is 40.1 Å². The molecule has 628 valence electrons.